The van der Waals surface area contributed by atoms with Gasteiger partial charge in [0, 0.05) is 49.4 Å². The van der Waals surface area contributed by atoms with Gasteiger partial charge < -0.3 is 15.5 Å². The smallest absolute Gasteiger partial charge is 0.0381 e. The van der Waals surface area contributed by atoms with Gasteiger partial charge in [0.05, 0.1) is 0 Å². The number of anilines is 1. The van der Waals surface area contributed by atoms with Crippen LogP contribution < -0.4 is 10.6 Å². The van der Waals surface area contributed by atoms with Gasteiger partial charge in [-0.3, -0.25) is 0 Å². The first-order chi connectivity index (χ1) is 9.15. The minimum Gasteiger partial charge on any atom is -0.384 e. The Morgan fingerprint density at radius 2 is 2.11 bits per heavy atom. The number of aryl methyl sites for hydroxylation is 1. The van der Waals surface area contributed by atoms with Crippen LogP contribution in [0.5, 0.6) is 0 Å². The number of piperazine rings is 1. The van der Waals surface area contributed by atoms with E-state index in [0.717, 1.165) is 24.1 Å². The second-order valence-electron chi connectivity index (χ2n) is 5.50. The molecule has 19 heavy (non-hydrogen) atoms. The van der Waals surface area contributed by atoms with Crippen LogP contribution in [0, 0.1) is 12.8 Å². The molecule has 3 nitrogen and oxygen atoms in total. The zero-order chi connectivity index (χ0) is 13.7. The predicted molar refractivity (Wildman–Crippen MR) is 85.8 cm³/mol. The van der Waals surface area contributed by atoms with E-state index in [1.807, 2.05) is 0 Å². The Morgan fingerprint density at radius 3 is 2.84 bits per heavy atom. The number of halogens is 1. The lowest BCUT2D eigenvalue weighted by atomic mass is 10.1. The van der Waals surface area contributed by atoms with Crippen molar-refractivity contribution >= 4 is 21.6 Å². The fraction of sp³-hybridized carbons (Fsp3) is 0.600. The number of rotatable bonds is 5. The van der Waals surface area contributed by atoms with Gasteiger partial charge in [-0.1, -0.05) is 28.9 Å². The average molecular weight is 326 g/mol. The van der Waals surface area contributed by atoms with Crippen molar-refractivity contribution in [2.75, 3.05) is 44.6 Å². The third kappa shape index (κ3) is 4.79. The minimum atomic E-state index is 0.663. The molecule has 0 bridgehead atoms. The molecule has 1 unspecified atom stereocenters. The third-order valence-corrected chi connectivity index (χ3v) is 4.11. The molecule has 0 saturated carbocycles. The van der Waals surface area contributed by atoms with E-state index in [9.17, 15) is 0 Å². The van der Waals surface area contributed by atoms with Gasteiger partial charge in [0.1, 0.15) is 0 Å². The Kier molecular flexibility index (Phi) is 5.67. The normalized spacial score (nSPS) is 18.3. The van der Waals surface area contributed by atoms with Crippen LogP contribution in [0.25, 0.3) is 0 Å². The van der Waals surface area contributed by atoms with Crippen molar-refractivity contribution in [2.24, 2.45) is 5.92 Å². The minimum absolute atomic E-state index is 0.663. The maximum Gasteiger partial charge on any atom is 0.0381 e. The molecule has 1 heterocycles. The van der Waals surface area contributed by atoms with Crippen LogP contribution in [0.1, 0.15) is 12.5 Å². The van der Waals surface area contributed by atoms with E-state index in [0.29, 0.717) is 5.92 Å². The first-order valence-corrected chi connectivity index (χ1v) is 7.87. The Morgan fingerprint density at radius 1 is 1.37 bits per heavy atom. The SMILES string of the molecule is Cc1ccc(Br)cc1NCC(C)CN1CCNCC1. The molecule has 4 heteroatoms. The van der Waals surface area contributed by atoms with E-state index < -0.39 is 0 Å². The highest BCUT2D eigenvalue weighted by atomic mass is 79.9. The quantitative estimate of drug-likeness (QED) is 0.871. The molecule has 1 aliphatic heterocycles. The molecule has 1 atom stereocenters. The molecular weight excluding hydrogens is 302 g/mol. The van der Waals surface area contributed by atoms with Crippen molar-refractivity contribution in [1.29, 1.82) is 0 Å². The number of hydrogen-bond donors (Lipinski definition) is 2. The summed E-state index contributed by atoms with van der Waals surface area (Å²) >= 11 is 3.53. The van der Waals surface area contributed by atoms with Crippen molar-refractivity contribution in [3.63, 3.8) is 0 Å². The molecule has 0 amide bonds. The van der Waals surface area contributed by atoms with E-state index in [-0.39, 0.29) is 0 Å². The summed E-state index contributed by atoms with van der Waals surface area (Å²) in [7, 11) is 0. The molecule has 1 fully saturated rings. The van der Waals surface area contributed by atoms with Crippen molar-refractivity contribution in [2.45, 2.75) is 13.8 Å². The molecule has 0 aromatic heterocycles. The predicted octanol–water partition coefficient (Wildman–Crippen LogP) is 2.71. The topological polar surface area (TPSA) is 27.3 Å². The first kappa shape index (κ1) is 14.8. The van der Waals surface area contributed by atoms with Crippen LogP contribution in [0.4, 0.5) is 5.69 Å². The van der Waals surface area contributed by atoms with Gasteiger partial charge in [-0.2, -0.15) is 0 Å². The van der Waals surface area contributed by atoms with Crippen LogP contribution in [0.2, 0.25) is 0 Å². The van der Waals surface area contributed by atoms with Gasteiger partial charge >= 0.3 is 0 Å². The van der Waals surface area contributed by atoms with Gasteiger partial charge in [0.2, 0.25) is 0 Å². The highest BCUT2D eigenvalue weighted by Gasteiger charge is 2.13. The second kappa shape index (κ2) is 7.27. The summed E-state index contributed by atoms with van der Waals surface area (Å²) in [5.41, 5.74) is 2.54. The van der Waals surface area contributed by atoms with Crippen molar-refractivity contribution in [3.8, 4) is 0 Å². The molecule has 0 radical (unpaired) electrons. The number of hydrogen-bond acceptors (Lipinski definition) is 3. The highest BCUT2D eigenvalue weighted by Crippen LogP contribution is 2.20. The Bertz CT molecular complexity index is 402. The van der Waals surface area contributed by atoms with E-state index in [4.69, 9.17) is 0 Å². The van der Waals surface area contributed by atoms with Crippen molar-refractivity contribution in [3.05, 3.63) is 28.2 Å². The summed E-state index contributed by atoms with van der Waals surface area (Å²) in [6, 6.07) is 6.39. The fourth-order valence-corrected chi connectivity index (χ4v) is 2.83. The first-order valence-electron chi connectivity index (χ1n) is 7.08. The lowest BCUT2D eigenvalue weighted by Gasteiger charge is -2.29. The Hall–Kier alpha value is -0.580. The van der Waals surface area contributed by atoms with Gasteiger partial charge in [-0.25, -0.2) is 0 Å². The third-order valence-electron chi connectivity index (χ3n) is 3.62. The number of nitrogens with one attached hydrogen (secondary N) is 2. The van der Waals surface area contributed by atoms with Crippen LogP contribution in [0.15, 0.2) is 22.7 Å². The molecule has 1 aliphatic rings. The van der Waals surface area contributed by atoms with E-state index >= 15 is 0 Å². The van der Waals surface area contributed by atoms with Crippen LogP contribution >= 0.6 is 15.9 Å². The standard InChI is InChI=1S/C15H24BrN3/c1-12(11-19-7-5-17-6-8-19)10-18-15-9-14(16)4-3-13(15)2/h3-4,9,12,17-18H,5-8,10-11H2,1-2H3. The molecule has 1 saturated heterocycles. The zero-order valence-electron chi connectivity index (χ0n) is 11.9. The molecule has 2 rings (SSSR count). The highest BCUT2D eigenvalue weighted by molar-refractivity contribution is 9.10. The molecular formula is C15H24BrN3. The zero-order valence-corrected chi connectivity index (χ0v) is 13.5. The second-order valence-corrected chi connectivity index (χ2v) is 6.41. The van der Waals surface area contributed by atoms with Crippen LogP contribution in [-0.4, -0.2) is 44.2 Å². The molecule has 106 valence electrons. The summed E-state index contributed by atoms with van der Waals surface area (Å²) in [5, 5.41) is 6.97. The summed E-state index contributed by atoms with van der Waals surface area (Å²) in [4.78, 5) is 2.55. The van der Waals surface area contributed by atoms with Crippen LogP contribution in [-0.2, 0) is 0 Å². The van der Waals surface area contributed by atoms with Crippen molar-refractivity contribution < 1.29 is 0 Å². The maximum absolute atomic E-state index is 3.57. The largest absolute Gasteiger partial charge is 0.384 e. The summed E-state index contributed by atoms with van der Waals surface area (Å²) in [6.45, 7) is 11.3. The van der Waals surface area contributed by atoms with Gasteiger partial charge in [-0.15, -0.1) is 0 Å². The Labute approximate surface area is 124 Å². The molecule has 0 aliphatic carbocycles. The maximum atomic E-state index is 3.57. The van der Waals surface area contributed by atoms with E-state index in [1.165, 1.54) is 30.9 Å². The lowest BCUT2D eigenvalue weighted by molar-refractivity contribution is 0.215. The molecule has 0 spiro atoms. The van der Waals surface area contributed by atoms with Gasteiger partial charge in [0.25, 0.3) is 0 Å². The number of benzene rings is 1. The molecule has 1 aromatic rings. The van der Waals surface area contributed by atoms with E-state index in [2.05, 4.69) is 63.5 Å². The molecule has 1 aromatic carbocycles. The number of nitrogens with zero attached hydrogens (tertiary/aromatic N) is 1. The summed E-state index contributed by atoms with van der Waals surface area (Å²) in [5.74, 6) is 0.663. The lowest BCUT2D eigenvalue weighted by Crippen LogP contribution is -2.45. The monoisotopic (exact) mass is 325 g/mol. The average Bonchev–Trinajstić information content (AvgIpc) is 2.41. The summed E-state index contributed by atoms with van der Waals surface area (Å²) in [6.07, 6.45) is 0. The van der Waals surface area contributed by atoms with Crippen molar-refractivity contribution in [1.82, 2.24) is 10.2 Å². The van der Waals surface area contributed by atoms with Gasteiger partial charge in [0.15, 0.2) is 0 Å². The summed E-state index contributed by atoms with van der Waals surface area (Å²) < 4.78 is 1.13. The van der Waals surface area contributed by atoms with Crippen LogP contribution in [0.3, 0.4) is 0 Å². The van der Waals surface area contributed by atoms with Gasteiger partial charge in [-0.05, 0) is 30.5 Å². The fourth-order valence-electron chi connectivity index (χ4n) is 2.47. The van der Waals surface area contributed by atoms with E-state index in [1.54, 1.807) is 0 Å². The molecule has 2 N–H and O–H groups in total. The Balaban J connectivity index is 1.79.